The summed E-state index contributed by atoms with van der Waals surface area (Å²) in [4.78, 5) is 5.50. The van der Waals surface area contributed by atoms with Crippen molar-refractivity contribution in [3.8, 4) is 0 Å². The molecule has 0 atom stereocenters. The number of rotatable bonds is 1. The van der Waals surface area contributed by atoms with Gasteiger partial charge in [0, 0.05) is 18.6 Å². The fraction of sp³-hybridized carbons (Fsp3) is 0.182. The van der Waals surface area contributed by atoms with E-state index in [0.29, 0.717) is 5.02 Å². The second kappa shape index (κ2) is 4.21. The van der Waals surface area contributed by atoms with Crippen LogP contribution in [0.4, 0.5) is 5.69 Å². The highest BCUT2D eigenvalue weighted by Crippen LogP contribution is 2.27. The number of aromatic nitrogens is 1. The zero-order valence-electron chi connectivity index (χ0n) is 8.57. The van der Waals surface area contributed by atoms with Crippen LogP contribution in [0, 0.1) is 6.92 Å². The smallest absolute Gasteiger partial charge is 0.189 e. The van der Waals surface area contributed by atoms with Gasteiger partial charge in [-0.1, -0.05) is 23.7 Å². The van der Waals surface area contributed by atoms with E-state index in [0.717, 1.165) is 16.1 Å². The Hall–Kier alpha value is -1.06. The van der Waals surface area contributed by atoms with Crippen molar-refractivity contribution in [3.05, 3.63) is 45.2 Å². The van der Waals surface area contributed by atoms with E-state index in [2.05, 4.69) is 4.99 Å². The van der Waals surface area contributed by atoms with Crippen LogP contribution in [0.1, 0.15) is 5.56 Å². The first-order chi connectivity index (χ1) is 7.18. The Morgan fingerprint density at radius 3 is 2.80 bits per heavy atom. The molecule has 0 saturated heterocycles. The predicted molar refractivity (Wildman–Crippen MR) is 64.7 cm³/mol. The highest BCUT2D eigenvalue weighted by Gasteiger charge is 2.01. The fourth-order valence-corrected chi connectivity index (χ4v) is 2.30. The number of thiazole rings is 1. The predicted octanol–water partition coefficient (Wildman–Crippen LogP) is 3.28. The van der Waals surface area contributed by atoms with Gasteiger partial charge in [0.25, 0.3) is 0 Å². The van der Waals surface area contributed by atoms with Gasteiger partial charge in [0.2, 0.25) is 0 Å². The van der Waals surface area contributed by atoms with E-state index >= 15 is 0 Å². The molecule has 2 nitrogen and oxygen atoms in total. The summed E-state index contributed by atoms with van der Waals surface area (Å²) in [6.45, 7) is 2.01. The highest BCUT2D eigenvalue weighted by molar-refractivity contribution is 7.07. The van der Waals surface area contributed by atoms with Gasteiger partial charge in [-0.15, -0.1) is 11.3 Å². The van der Waals surface area contributed by atoms with E-state index in [1.165, 1.54) is 0 Å². The summed E-state index contributed by atoms with van der Waals surface area (Å²) >= 11 is 7.70. The average Bonchev–Trinajstić information content (AvgIpc) is 2.58. The first-order valence-corrected chi connectivity index (χ1v) is 5.84. The molecule has 0 bridgehead atoms. The standard InChI is InChI=1S/C11H11ClN2S/c1-8-4-3-5-9(12)10(8)13-11-14(2)6-7-15-11/h3-7H,1-2H3. The fourth-order valence-electron chi connectivity index (χ4n) is 1.30. The van der Waals surface area contributed by atoms with E-state index in [1.807, 2.05) is 48.3 Å². The molecular weight excluding hydrogens is 228 g/mol. The number of aryl methyl sites for hydroxylation is 2. The van der Waals surface area contributed by atoms with Crippen molar-refractivity contribution < 1.29 is 0 Å². The highest BCUT2D eigenvalue weighted by atomic mass is 35.5. The summed E-state index contributed by atoms with van der Waals surface area (Å²) < 4.78 is 1.98. The van der Waals surface area contributed by atoms with Crippen molar-refractivity contribution in [3.63, 3.8) is 0 Å². The van der Waals surface area contributed by atoms with Crippen molar-refractivity contribution in [2.24, 2.45) is 12.0 Å². The first kappa shape index (κ1) is 10.5. The molecule has 0 aliphatic heterocycles. The second-order valence-corrected chi connectivity index (χ2v) is 4.59. The third-order valence-corrected chi connectivity index (χ3v) is 3.31. The van der Waals surface area contributed by atoms with Crippen molar-refractivity contribution in [1.82, 2.24) is 4.57 Å². The van der Waals surface area contributed by atoms with E-state index in [4.69, 9.17) is 11.6 Å². The SMILES string of the molecule is Cc1cccc(Cl)c1N=c1sccn1C. The van der Waals surface area contributed by atoms with Gasteiger partial charge in [0.05, 0.1) is 10.7 Å². The first-order valence-electron chi connectivity index (χ1n) is 4.58. The van der Waals surface area contributed by atoms with Gasteiger partial charge in [0.1, 0.15) is 0 Å². The Kier molecular flexibility index (Phi) is 2.93. The van der Waals surface area contributed by atoms with Crippen LogP contribution in [0.25, 0.3) is 0 Å². The van der Waals surface area contributed by atoms with Crippen LogP contribution in [0.15, 0.2) is 34.8 Å². The molecule has 2 rings (SSSR count). The molecule has 0 aliphatic carbocycles. The van der Waals surface area contributed by atoms with Crippen molar-refractivity contribution >= 4 is 28.6 Å². The number of benzene rings is 1. The van der Waals surface area contributed by atoms with Gasteiger partial charge in [-0.05, 0) is 18.6 Å². The quantitative estimate of drug-likeness (QED) is 0.726. The monoisotopic (exact) mass is 238 g/mol. The van der Waals surface area contributed by atoms with E-state index in [9.17, 15) is 0 Å². The summed E-state index contributed by atoms with van der Waals surface area (Å²) in [5.74, 6) is 0. The number of para-hydroxylation sites is 1. The Balaban J connectivity index is 2.62. The molecule has 1 heterocycles. The Morgan fingerprint density at radius 2 is 2.20 bits per heavy atom. The molecule has 1 aromatic heterocycles. The minimum Gasteiger partial charge on any atom is -0.327 e. The van der Waals surface area contributed by atoms with Crippen LogP contribution in [-0.2, 0) is 7.05 Å². The summed E-state index contributed by atoms with van der Waals surface area (Å²) in [7, 11) is 1.97. The van der Waals surface area contributed by atoms with Crippen LogP contribution < -0.4 is 4.80 Å². The molecule has 15 heavy (non-hydrogen) atoms. The minimum absolute atomic E-state index is 0.698. The molecule has 0 saturated carbocycles. The second-order valence-electron chi connectivity index (χ2n) is 3.31. The number of halogens is 1. The zero-order chi connectivity index (χ0) is 10.8. The van der Waals surface area contributed by atoms with E-state index in [-0.39, 0.29) is 0 Å². The maximum absolute atomic E-state index is 6.10. The molecular formula is C11H11ClN2S. The topological polar surface area (TPSA) is 17.3 Å². The molecule has 78 valence electrons. The van der Waals surface area contributed by atoms with Gasteiger partial charge < -0.3 is 4.57 Å². The summed E-state index contributed by atoms with van der Waals surface area (Å²) in [6.07, 6.45) is 1.98. The van der Waals surface area contributed by atoms with E-state index in [1.54, 1.807) is 11.3 Å². The third-order valence-electron chi connectivity index (χ3n) is 2.16. The molecule has 0 radical (unpaired) electrons. The lowest BCUT2D eigenvalue weighted by atomic mass is 10.2. The Morgan fingerprint density at radius 1 is 1.40 bits per heavy atom. The van der Waals surface area contributed by atoms with Gasteiger partial charge in [-0.2, -0.15) is 0 Å². The molecule has 0 spiro atoms. The summed E-state index contributed by atoms with van der Waals surface area (Å²) in [6, 6.07) is 5.81. The molecule has 1 aromatic carbocycles. The molecule has 0 fully saturated rings. The van der Waals surface area contributed by atoms with Gasteiger partial charge in [0.15, 0.2) is 4.80 Å². The maximum Gasteiger partial charge on any atom is 0.189 e. The Labute approximate surface area is 97.5 Å². The van der Waals surface area contributed by atoms with Gasteiger partial charge >= 0.3 is 0 Å². The normalized spacial score (nSPS) is 12.1. The molecule has 0 amide bonds. The van der Waals surface area contributed by atoms with Crippen LogP contribution >= 0.6 is 22.9 Å². The molecule has 0 aliphatic rings. The minimum atomic E-state index is 0.698. The number of nitrogens with zero attached hydrogens (tertiary/aromatic N) is 2. The van der Waals surface area contributed by atoms with Crippen molar-refractivity contribution in [1.29, 1.82) is 0 Å². The van der Waals surface area contributed by atoms with Gasteiger partial charge in [-0.3, -0.25) is 0 Å². The number of hydrogen-bond acceptors (Lipinski definition) is 2. The largest absolute Gasteiger partial charge is 0.327 e. The maximum atomic E-state index is 6.10. The van der Waals surface area contributed by atoms with Gasteiger partial charge in [-0.25, -0.2) is 4.99 Å². The lowest BCUT2D eigenvalue weighted by Crippen LogP contribution is -2.08. The number of hydrogen-bond donors (Lipinski definition) is 0. The van der Waals surface area contributed by atoms with Crippen molar-refractivity contribution in [2.45, 2.75) is 6.92 Å². The lowest BCUT2D eigenvalue weighted by molar-refractivity contribution is 0.873. The van der Waals surface area contributed by atoms with Crippen LogP contribution in [-0.4, -0.2) is 4.57 Å². The lowest BCUT2D eigenvalue weighted by Gasteiger charge is -2.01. The zero-order valence-corrected chi connectivity index (χ0v) is 10.1. The third kappa shape index (κ3) is 2.13. The average molecular weight is 239 g/mol. The molecule has 4 heteroatoms. The summed E-state index contributed by atoms with van der Waals surface area (Å²) in [5, 5.41) is 2.70. The Bertz CT molecular complexity index is 519. The molecule has 0 unspecified atom stereocenters. The molecule has 2 aromatic rings. The van der Waals surface area contributed by atoms with Crippen LogP contribution in [0.5, 0.6) is 0 Å². The molecule has 0 N–H and O–H groups in total. The van der Waals surface area contributed by atoms with Crippen molar-refractivity contribution in [2.75, 3.05) is 0 Å². The van der Waals surface area contributed by atoms with E-state index < -0.39 is 0 Å². The van der Waals surface area contributed by atoms with Crippen LogP contribution in [0.2, 0.25) is 5.02 Å². The van der Waals surface area contributed by atoms with Crippen LogP contribution in [0.3, 0.4) is 0 Å². The summed E-state index contributed by atoms with van der Waals surface area (Å²) in [5.41, 5.74) is 1.95.